The molecule has 17 heteroatoms. The van der Waals surface area contributed by atoms with Gasteiger partial charge in [-0.05, 0) is 0 Å². The van der Waals surface area contributed by atoms with Gasteiger partial charge in [-0.15, -0.1) is 0 Å². The van der Waals surface area contributed by atoms with E-state index < -0.39 is 44.9 Å². The summed E-state index contributed by atoms with van der Waals surface area (Å²) in [5.41, 5.74) is 21.2. The molecule has 120 valence electrons. The van der Waals surface area contributed by atoms with Crippen LogP contribution in [-0.2, 0) is 19.0 Å². The third kappa shape index (κ3) is 7.19. The minimum atomic E-state index is -5.25. The van der Waals surface area contributed by atoms with Gasteiger partial charge in [0.05, 0.1) is 0 Å². The van der Waals surface area contributed by atoms with Crippen molar-refractivity contribution in [3.05, 3.63) is 0 Å². The van der Waals surface area contributed by atoms with Gasteiger partial charge in [-0.25, -0.2) is 30.0 Å². The first-order valence-corrected chi connectivity index (χ1v) is 5.73. The highest BCUT2D eigenvalue weighted by atomic mass is 32.3. The molecule has 0 unspecified atom stereocenters. The number of primary amides is 4. The quantitative estimate of drug-likeness (QED) is 0.276. The molecule has 0 saturated carbocycles. The smallest absolute Gasteiger partial charge is 0.350 e. The fourth-order valence-corrected chi connectivity index (χ4v) is 1.23. The molecule has 0 bridgehead atoms. The maximum absolute atomic E-state index is 11.3. The van der Waals surface area contributed by atoms with Crippen molar-refractivity contribution < 1.29 is 36.2 Å². The summed E-state index contributed by atoms with van der Waals surface area (Å²) in [5, 5.41) is -0.887. The molecule has 0 radical (unpaired) electrons. The van der Waals surface area contributed by atoms with E-state index in [0.29, 0.717) is 0 Å². The molecule has 21 heavy (non-hydrogen) atoms. The van der Waals surface area contributed by atoms with Crippen LogP contribution in [0.25, 0.3) is 0 Å². The third-order valence-electron chi connectivity index (χ3n) is 1.16. The van der Waals surface area contributed by atoms with Crippen LogP contribution in [0.3, 0.4) is 0 Å². The van der Waals surface area contributed by atoms with Crippen LogP contribution in [0.5, 0.6) is 0 Å². The number of urea groups is 4. The lowest BCUT2D eigenvalue weighted by molar-refractivity contribution is -0.0941. The third-order valence-corrected chi connectivity index (χ3v) is 1.82. The highest BCUT2D eigenvalue weighted by molar-refractivity contribution is 7.81. The van der Waals surface area contributed by atoms with Gasteiger partial charge >= 0.3 is 34.5 Å². The van der Waals surface area contributed by atoms with Crippen molar-refractivity contribution in [3.63, 3.8) is 0 Å². The van der Waals surface area contributed by atoms with Crippen LogP contribution in [0.15, 0.2) is 0 Å². The van der Waals surface area contributed by atoms with E-state index in [1.807, 2.05) is 0 Å². The average molecular weight is 330 g/mol. The second kappa shape index (κ2) is 6.93. The fraction of sp³-hybridized carbons (Fsp3) is 0. The van der Waals surface area contributed by atoms with Gasteiger partial charge in [0, 0.05) is 0 Å². The van der Waals surface area contributed by atoms with Crippen LogP contribution in [0.1, 0.15) is 0 Å². The van der Waals surface area contributed by atoms with Crippen molar-refractivity contribution in [1.82, 2.24) is 21.2 Å². The summed E-state index contributed by atoms with van der Waals surface area (Å²) in [6.07, 6.45) is 0. The summed E-state index contributed by atoms with van der Waals surface area (Å²) in [7, 11) is -5.25. The minimum Gasteiger partial charge on any atom is -0.350 e. The molecule has 0 aliphatic heterocycles. The maximum Gasteiger partial charge on any atom is 0.445 e. The molecule has 0 aromatic rings. The standard InChI is InChI=1S/C4H10N8O8S/c5-1(13)9-11(3(7)15)19-21(17,18)20-12(4(8)16)10-2(6)14/h(H2,7,15)(H2,8,16)(H3,5,9,13)(H3,6,10,14). The number of hydrazine groups is 2. The Kier molecular flexibility index (Phi) is 5.92. The number of rotatable bonds is 4. The second-order valence-electron chi connectivity index (χ2n) is 2.77. The number of hydrogen-bond donors (Lipinski definition) is 6. The lowest BCUT2D eigenvalue weighted by atomic mass is 11.0. The van der Waals surface area contributed by atoms with Crippen molar-refractivity contribution in [2.75, 3.05) is 0 Å². The summed E-state index contributed by atoms with van der Waals surface area (Å²) in [6, 6.07) is -6.11. The lowest BCUT2D eigenvalue weighted by Gasteiger charge is -2.20. The van der Waals surface area contributed by atoms with Crippen LogP contribution in [0.4, 0.5) is 19.2 Å². The summed E-state index contributed by atoms with van der Waals surface area (Å²) < 4.78 is 30.2. The molecule has 0 aliphatic carbocycles. The Morgan fingerprint density at radius 1 is 0.762 bits per heavy atom. The van der Waals surface area contributed by atoms with Crippen LogP contribution in [0, 0.1) is 0 Å². The predicted octanol–water partition coefficient (Wildman–Crippen LogP) is -3.98. The molecule has 0 atom stereocenters. The molecular weight excluding hydrogens is 320 g/mol. The highest BCUT2D eigenvalue weighted by Crippen LogP contribution is 2.02. The number of nitrogens with two attached hydrogens (primary N) is 4. The monoisotopic (exact) mass is 330 g/mol. The zero-order valence-corrected chi connectivity index (χ0v) is 10.7. The van der Waals surface area contributed by atoms with Crippen molar-refractivity contribution in [3.8, 4) is 0 Å². The maximum atomic E-state index is 11.3. The van der Waals surface area contributed by atoms with Crippen LogP contribution in [-0.4, -0.2) is 42.9 Å². The van der Waals surface area contributed by atoms with E-state index in [0.717, 1.165) is 0 Å². The van der Waals surface area contributed by atoms with E-state index >= 15 is 0 Å². The van der Waals surface area contributed by atoms with E-state index in [1.165, 1.54) is 10.9 Å². The molecule has 10 N–H and O–H groups in total. The summed E-state index contributed by atoms with van der Waals surface area (Å²) in [5.74, 6) is 0. The number of nitrogens with one attached hydrogen (secondary N) is 2. The minimum absolute atomic E-state index is 0.443. The number of nitrogens with zero attached hydrogens (tertiary/aromatic N) is 2. The molecule has 16 nitrogen and oxygen atoms in total. The Balaban J connectivity index is 5.01. The number of hydroxylamine groups is 2. The Hall–Kier alpha value is -3.05. The van der Waals surface area contributed by atoms with Crippen LogP contribution >= 0.6 is 0 Å². The molecule has 0 fully saturated rings. The SMILES string of the molecule is NC(=O)NN(OS(=O)(=O)ON(NC(N)=O)C(N)=O)C(N)=O. The van der Waals surface area contributed by atoms with Gasteiger partial charge in [0.15, 0.2) is 0 Å². The van der Waals surface area contributed by atoms with Gasteiger partial charge in [-0.2, -0.15) is 8.42 Å². The molecule has 0 aromatic carbocycles. The average Bonchev–Trinajstić information content (AvgIpc) is 2.24. The van der Waals surface area contributed by atoms with E-state index in [9.17, 15) is 27.6 Å². The Morgan fingerprint density at radius 2 is 1.05 bits per heavy atom. The van der Waals surface area contributed by atoms with Crippen LogP contribution in [0.2, 0.25) is 0 Å². The van der Waals surface area contributed by atoms with E-state index in [2.05, 4.69) is 31.5 Å². The van der Waals surface area contributed by atoms with Gasteiger partial charge in [0.25, 0.3) is 0 Å². The van der Waals surface area contributed by atoms with Gasteiger partial charge in [-0.1, -0.05) is 18.9 Å². The molecule has 0 saturated heterocycles. The Bertz CT molecular complexity index is 502. The van der Waals surface area contributed by atoms with Crippen molar-refractivity contribution >= 4 is 34.5 Å². The first-order chi connectivity index (χ1) is 9.44. The van der Waals surface area contributed by atoms with Crippen molar-refractivity contribution in [1.29, 1.82) is 0 Å². The Labute approximate surface area is 116 Å². The van der Waals surface area contributed by atoms with Crippen LogP contribution < -0.4 is 33.8 Å². The molecule has 0 heterocycles. The summed E-state index contributed by atoms with van der Waals surface area (Å²) in [4.78, 5) is 42.4. The first-order valence-electron chi connectivity index (χ1n) is 4.40. The summed E-state index contributed by atoms with van der Waals surface area (Å²) >= 11 is 0. The molecule has 0 aliphatic rings. The number of carbonyl (C=O) groups is 4. The fourth-order valence-electron chi connectivity index (χ4n) is 0.617. The number of hydrogen-bond acceptors (Lipinski definition) is 8. The van der Waals surface area contributed by atoms with E-state index in [-0.39, 0.29) is 0 Å². The second-order valence-corrected chi connectivity index (χ2v) is 3.89. The summed E-state index contributed by atoms with van der Waals surface area (Å²) in [6.45, 7) is 0. The lowest BCUT2D eigenvalue weighted by Crippen LogP contribution is -2.54. The molecule has 8 amide bonds. The zero-order valence-electron chi connectivity index (χ0n) is 9.88. The first kappa shape index (κ1) is 17.9. The zero-order chi connectivity index (χ0) is 16.8. The topological polar surface area (TPSA) is 256 Å². The van der Waals surface area contributed by atoms with Gasteiger partial charge in [0.1, 0.15) is 0 Å². The van der Waals surface area contributed by atoms with E-state index in [1.54, 1.807) is 0 Å². The molecular formula is C4H10N8O8S. The number of amides is 8. The largest absolute Gasteiger partial charge is 0.445 e. The molecule has 0 aromatic heterocycles. The molecule has 0 spiro atoms. The number of carbonyl (C=O) groups excluding carboxylic acids is 4. The molecule has 0 rings (SSSR count). The van der Waals surface area contributed by atoms with E-state index in [4.69, 9.17) is 0 Å². The van der Waals surface area contributed by atoms with Crippen molar-refractivity contribution in [2.24, 2.45) is 22.9 Å². The highest BCUT2D eigenvalue weighted by Gasteiger charge is 2.29. The Morgan fingerprint density at radius 3 is 1.24 bits per heavy atom. The normalized spacial score (nSPS) is 10.3. The van der Waals surface area contributed by atoms with Gasteiger partial charge < -0.3 is 22.9 Å². The predicted molar refractivity (Wildman–Crippen MR) is 59.4 cm³/mol. The van der Waals surface area contributed by atoms with Crippen molar-refractivity contribution in [2.45, 2.75) is 0 Å². The van der Waals surface area contributed by atoms with Gasteiger partial charge in [-0.3, -0.25) is 0 Å². The van der Waals surface area contributed by atoms with Gasteiger partial charge in [0.2, 0.25) is 0 Å².